The van der Waals surface area contributed by atoms with Gasteiger partial charge in [0.15, 0.2) is 5.13 Å². The number of halogens is 1. The Bertz CT molecular complexity index is 1180. The van der Waals surface area contributed by atoms with Crippen molar-refractivity contribution in [2.24, 2.45) is 5.92 Å². The van der Waals surface area contributed by atoms with Crippen molar-refractivity contribution in [2.75, 3.05) is 23.3 Å². The normalized spacial score (nSPS) is 18.0. The van der Waals surface area contributed by atoms with Crippen LogP contribution >= 0.6 is 22.7 Å². The maximum atomic E-state index is 13.2. The van der Waals surface area contributed by atoms with Crippen LogP contribution in [0.15, 0.2) is 41.8 Å². The van der Waals surface area contributed by atoms with E-state index in [4.69, 9.17) is 0 Å². The Morgan fingerprint density at radius 2 is 2.00 bits per heavy atom. The third-order valence-electron chi connectivity index (χ3n) is 5.62. The Morgan fingerprint density at radius 3 is 2.75 bits per heavy atom. The second kappa shape index (κ2) is 8.44. The van der Waals surface area contributed by atoms with Crippen LogP contribution in [0.4, 0.5) is 15.2 Å². The second-order valence-electron chi connectivity index (χ2n) is 7.71. The van der Waals surface area contributed by atoms with Crippen LogP contribution in [-0.4, -0.2) is 40.7 Å². The molecule has 1 saturated heterocycles. The minimum absolute atomic E-state index is 0.0637. The fourth-order valence-corrected chi connectivity index (χ4v) is 5.64. The Labute approximate surface area is 191 Å². The fourth-order valence-electron chi connectivity index (χ4n) is 4.01. The van der Waals surface area contributed by atoms with E-state index in [-0.39, 0.29) is 36.5 Å². The predicted molar refractivity (Wildman–Crippen MR) is 120 cm³/mol. The smallest absolute Gasteiger partial charge is 0.267 e. The molecule has 1 aromatic carbocycles. The Kier molecular flexibility index (Phi) is 5.48. The number of nitrogens with zero attached hydrogens (tertiary/aromatic N) is 3. The average molecular weight is 471 g/mol. The molecule has 4 heterocycles. The topological polar surface area (TPSA) is 82.6 Å². The lowest BCUT2D eigenvalue weighted by atomic mass is 10.1. The van der Waals surface area contributed by atoms with Crippen molar-refractivity contribution in [3.8, 4) is 0 Å². The summed E-state index contributed by atoms with van der Waals surface area (Å²) in [4.78, 5) is 47.3. The number of hydrogen-bond donors (Lipinski definition) is 1. The number of hydrogen-bond acceptors (Lipinski definition) is 6. The second-order valence-corrected chi connectivity index (χ2v) is 9.74. The largest absolute Gasteiger partial charge is 0.337 e. The first-order valence-electron chi connectivity index (χ1n) is 10.2. The number of nitrogens with one attached hydrogen (secondary N) is 1. The molecule has 164 valence electrons. The Hall–Kier alpha value is -3.11. The average Bonchev–Trinajstić information content (AvgIpc) is 3.53. The lowest BCUT2D eigenvalue weighted by molar-refractivity contribution is -0.136. The minimum Gasteiger partial charge on any atom is -0.337 e. The lowest BCUT2D eigenvalue weighted by Crippen LogP contribution is -2.40. The van der Waals surface area contributed by atoms with E-state index in [1.165, 1.54) is 34.8 Å². The van der Waals surface area contributed by atoms with Gasteiger partial charge < -0.3 is 9.80 Å². The van der Waals surface area contributed by atoms with Gasteiger partial charge in [-0.15, -0.1) is 11.3 Å². The Morgan fingerprint density at radius 1 is 1.19 bits per heavy atom. The molecule has 10 heteroatoms. The highest BCUT2D eigenvalue weighted by molar-refractivity contribution is 7.16. The maximum absolute atomic E-state index is 13.2. The van der Waals surface area contributed by atoms with Crippen molar-refractivity contribution in [2.45, 2.75) is 19.4 Å². The highest BCUT2D eigenvalue weighted by Crippen LogP contribution is 2.32. The molecule has 0 saturated carbocycles. The van der Waals surface area contributed by atoms with Gasteiger partial charge in [0.2, 0.25) is 11.8 Å². The van der Waals surface area contributed by atoms with Gasteiger partial charge >= 0.3 is 0 Å². The molecule has 0 radical (unpaired) electrons. The monoisotopic (exact) mass is 470 g/mol. The maximum Gasteiger partial charge on any atom is 0.267 e. The molecule has 7 nitrogen and oxygen atoms in total. The van der Waals surface area contributed by atoms with E-state index in [2.05, 4.69) is 10.3 Å². The third kappa shape index (κ3) is 4.03. The van der Waals surface area contributed by atoms with Crippen LogP contribution in [0.25, 0.3) is 0 Å². The van der Waals surface area contributed by atoms with E-state index in [1.54, 1.807) is 28.0 Å². The van der Waals surface area contributed by atoms with Crippen molar-refractivity contribution >= 4 is 51.2 Å². The quantitative estimate of drug-likeness (QED) is 0.632. The van der Waals surface area contributed by atoms with Crippen LogP contribution in [0.1, 0.15) is 26.7 Å². The van der Waals surface area contributed by atoms with Crippen molar-refractivity contribution < 1.29 is 18.8 Å². The molecule has 1 atom stereocenters. The van der Waals surface area contributed by atoms with Gasteiger partial charge in [-0.1, -0.05) is 17.4 Å². The van der Waals surface area contributed by atoms with Crippen LogP contribution in [-0.2, 0) is 22.6 Å². The predicted octanol–water partition coefficient (Wildman–Crippen LogP) is 3.53. The summed E-state index contributed by atoms with van der Waals surface area (Å²) in [5.74, 6) is -1.19. The van der Waals surface area contributed by atoms with Gasteiger partial charge in [-0.25, -0.2) is 9.37 Å². The third-order valence-corrected chi connectivity index (χ3v) is 7.49. The summed E-state index contributed by atoms with van der Waals surface area (Å²) in [5.41, 5.74) is 1.50. The first kappa shape index (κ1) is 20.8. The number of thiophene rings is 1. The number of aromatic nitrogens is 1. The molecule has 1 unspecified atom stereocenters. The van der Waals surface area contributed by atoms with E-state index in [9.17, 15) is 18.8 Å². The number of fused-ring (bicyclic) bond motifs is 1. The van der Waals surface area contributed by atoms with Crippen molar-refractivity contribution in [1.29, 1.82) is 0 Å². The van der Waals surface area contributed by atoms with Gasteiger partial charge in [-0.3, -0.25) is 19.7 Å². The first-order valence-corrected chi connectivity index (χ1v) is 11.9. The summed E-state index contributed by atoms with van der Waals surface area (Å²) < 4.78 is 13.2. The SMILES string of the molecule is O=C(Nc1nc2c(s1)CN(C(=O)C1CC(=O)N(c3ccc(F)cc3)C1)CC2)c1cccs1. The number of carbonyl (C=O) groups excluding carboxylic acids is 3. The van der Waals surface area contributed by atoms with E-state index < -0.39 is 5.92 Å². The minimum atomic E-state index is -0.431. The molecule has 3 amide bonds. The number of benzene rings is 1. The Balaban J connectivity index is 1.24. The van der Waals surface area contributed by atoms with Gasteiger partial charge in [0.05, 0.1) is 23.0 Å². The summed E-state index contributed by atoms with van der Waals surface area (Å²) in [6, 6.07) is 9.30. The summed E-state index contributed by atoms with van der Waals surface area (Å²) >= 11 is 2.74. The number of anilines is 2. The van der Waals surface area contributed by atoms with Gasteiger partial charge in [0.1, 0.15) is 5.82 Å². The van der Waals surface area contributed by atoms with Crippen LogP contribution in [0.2, 0.25) is 0 Å². The summed E-state index contributed by atoms with van der Waals surface area (Å²) in [6.45, 7) is 1.23. The molecule has 0 bridgehead atoms. The lowest BCUT2D eigenvalue weighted by Gasteiger charge is -2.28. The molecule has 2 aliphatic heterocycles. The van der Waals surface area contributed by atoms with Crippen molar-refractivity contribution in [3.63, 3.8) is 0 Å². The number of amides is 3. The van der Waals surface area contributed by atoms with E-state index >= 15 is 0 Å². The van der Waals surface area contributed by atoms with Gasteiger partial charge in [0.25, 0.3) is 5.91 Å². The standard InChI is InChI=1S/C22H19FN4O3S2/c23-14-3-5-15(6-4-14)27-11-13(10-19(27)28)21(30)26-8-7-16-18(12-26)32-22(24-16)25-20(29)17-2-1-9-31-17/h1-6,9,13H,7-8,10-12H2,(H,24,25,29). The number of thiazole rings is 1. The van der Waals surface area contributed by atoms with E-state index in [1.807, 2.05) is 11.4 Å². The van der Waals surface area contributed by atoms with Crippen LogP contribution < -0.4 is 10.2 Å². The molecule has 1 N–H and O–H groups in total. The van der Waals surface area contributed by atoms with Crippen LogP contribution in [0.3, 0.4) is 0 Å². The van der Waals surface area contributed by atoms with Crippen LogP contribution in [0.5, 0.6) is 0 Å². The first-order chi connectivity index (χ1) is 15.5. The van der Waals surface area contributed by atoms with Gasteiger partial charge in [-0.2, -0.15) is 0 Å². The molecule has 1 fully saturated rings. The van der Waals surface area contributed by atoms with Crippen LogP contribution in [0, 0.1) is 11.7 Å². The molecule has 2 aromatic heterocycles. The molecule has 2 aliphatic rings. The highest BCUT2D eigenvalue weighted by atomic mass is 32.1. The summed E-state index contributed by atoms with van der Waals surface area (Å²) in [5, 5.41) is 5.20. The molecule has 3 aromatic rings. The molecular formula is C22H19FN4O3S2. The summed E-state index contributed by atoms with van der Waals surface area (Å²) in [7, 11) is 0. The number of carbonyl (C=O) groups is 3. The van der Waals surface area contributed by atoms with Crippen molar-refractivity contribution in [3.05, 3.63) is 63.0 Å². The highest BCUT2D eigenvalue weighted by Gasteiger charge is 2.38. The zero-order chi connectivity index (χ0) is 22.2. The van der Waals surface area contributed by atoms with E-state index in [0.29, 0.717) is 35.2 Å². The fraction of sp³-hybridized carbons (Fsp3) is 0.273. The zero-order valence-corrected chi connectivity index (χ0v) is 18.5. The molecule has 0 spiro atoms. The molecular weight excluding hydrogens is 451 g/mol. The van der Waals surface area contributed by atoms with Gasteiger partial charge in [0, 0.05) is 36.5 Å². The molecule has 32 heavy (non-hydrogen) atoms. The summed E-state index contributed by atoms with van der Waals surface area (Å²) in [6.07, 6.45) is 0.749. The van der Waals surface area contributed by atoms with E-state index in [0.717, 1.165) is 10.6 Å². The van der Waals surface area contributed by atoms with Crippen molar-refractivity contribution in [1.82, 2.24) is 9.88 Å². The molecule has 0 aliphatic carbocycles. The zero-order valence-electron chi connectivity index (χ0n) is 16.9. The number of rotatable bonds is 4. The molecule has 5 rings (SSSR count). The van der Waals surface area contributed by atoms with Gasteiger partial charge in [-0.05, 0) is 35.7 Å².